The Balaban J connectivity index is 1.61. The number of benzene rings is 1. The predicted molar refractivity (Wildman–Crippen MR) is 175 cm³/mol. The molecule has 1 aromatic carbocycles. The molecule has 2 aliphatic heterocycles. The van der Waals surface area contributed by atoms with Crippen molar-refractivity contribution >= 4 is 34.7 Å². The minimum atomic E-state index is -0.972. The monoisotopic (exact) mass is 670 g/mol. The van der Waals surface area contributed by atoms with Gasteiger partial charge in [0.15, 0.2) is 17.3 Å². The van der Waals surface area contributed by atoms with E-state index in [-0.39, 0.29) is 60.5 Å². The molecule has 0 bridgehead atoms. The molecule has 1 N–H and O–H groups in total. The maximum atomic E-state index is 14.3. The smallest absolute Gasteiger partial charge is 0.410 e. The van der Waals surface area contributed by atoms with Gasteiger partial charge in [-0.3, -0.25) is 14.4 Å². The number of halogens is 1. The van der Waals surface area contributed by atoms with E-state index in [0.29, 0.717) is 56.2 Å². The van der Waals surface area contributed by atoms with Crippen LogP contribution in [0.25, 0.3) is 10.9 Å². The Morgan fingerprint density at radius 2 is 1.83 bits per heavy atom. The number of carbonyl (C=O) groups excluding carboxylic acids is 2. The summed E-state index contributed by atoms with van der Waals surface area (Å²) in [5.74, 6) is -1.03. The van der Waals surface area contributed by atoms with Gasteiger partial charge in [0.05, 0.1) is 20.3 Å². The van der Waals surface area contributed by atoms with Crippen LogP contribution in [0.5, 0.6) is 11.5 Å². The summed E-state index contributed by atoms with van der Waals surface area (Å²) in [6.45, 7) is 11.6. The normalized spacial score (nSPS) is 16.7. The highest BCUT2D eigenvalue weighted by atomic mass is 19.1. The summed E-state index contributed by atoms with van der Waals surface area (Å²) in [4.78, 5) is 57.1. The molecule has 2 aliphatic rings. The first-order chi connectivity index (χ1) is 22.7. The number of fused-ring (bicyclic) bond motifs is 3. The molecular formula is C33H43FN6O8. The third-order valence-electron chi connectivity index (χ3n) is 8.41. The first-order valence-corrected chi connectivity index (χ1v) is 16.1. The number of carboxylic acids is 1. The van der Waals surface area contributed by atoms with E-state index in [4.69, 9.17) is 24.4 Å². The minimum absolute atomic E-state index is 0.0330. The second-order valence-electron chi connectivity index (χ2n) is 13.0. The molecule has 14 nitrogen and oxygen atoms in total. The summed E-state index contributed by atoms with van der Waals surface area (Å²) in [6.07, 6.45) is -0.319. The molecule has 0 radical (unpaired) electrons. The molecule has 1 unspecified atom stereocenters. The molecule has 1 saturated heterocycles. The maximum Gasteiger partial charge on any atom is 0.410 e. The SMILES string of the molecule is CCN1CC(C)n2c(c(OC)c3c(=O)n(Cc4ccc(F)cc4OCCCC(=O)O)nc(N4CCN(C(=O)OC(C)(C)C)CC4)c32)C1=O. The summed E-state index contributed by atoms with van der Waals surface area (Å²) >= 11 is 0. The van der Waals surface area contributed by atoms with Crippen molar-refractivity contribution in [3.05, 3.63) is 45.6 Å². The topological polar surface area (TPSA) is 149 Å². The van der Waals surface area contributed by atoms with E-state index in [1.165, 1.54) is 30.0 Å². The van der Waals surface area contributed by atoms with Gasteiger partial charge in [-0.1, -0.05) is 6.07 Å². The maximum absolute atomic E-state index is 14.3. The van der Waals surface area contributed by atoms with Gasteiger partial charge >= 0.3 is 12.1 Å². The lowest BCUT2D eigenvalue weighted by molar-refractivity contribution is -0.137. The van der Waals surface area contributed by atoms with E-state index in [1.54, 1.807) is 9.80 Å². The fraction of sp³-hybridized carbons (Fsp3) is 0.545. The van der Waals surface area contributed by atoms with Gasteiger partial charge in [-0.05, 0) is 47.1 Å². The van der Waals surface area contributed by atoms with Gasteiger partial charge in [0.25, 0.3) is 11.5 Å². The summed E-state index contributed by atoms with van der Waals surface area (Å²) < 4.78 is 34.5. The zero-order valence-electron chi connectivity index (χ0n) is 28.2. The number of hydrogen-bond acceptors (Lipinski definition) is 9. The van der Waals surface area contributed by atoms with Gasteiger partial charge in [0, 0.05) is 63.4 Å². The number of nitrogens with zero attached hydrogens (tertiary/aromatic N) is 6. The van der Waals surface area contributed by atoms with Crippen molar-refractivity contribution in [2.24, 2.45) is 0 Å². The Kier molecular flexibility index (Phi) is 9.87. The van der Waals surface area contributed by atoms with Gasteiger partial charge in [0.2, 0.25) is 0 Å². The highest BCUT2D eigenvalue weighted by Gasteiger charge is 2.39. The van der Waals surface area contributed by atoms with Crippen LogP contribution in [0.4, 0.5) is 15.0 Å². The van der Waals surface area contributed by atoms with E-state index in [2.05, 4.69) is 0 Å². The molecular weight excluding hydrogens is 627 g/mol. The Labute approximate surface area is 277 Å². The van der Waals surface area contributed by atoms with Crippen molar-refractivity contribution in [3.8, 4) is 11.5 Å². The van der Waals surface area contributed by atoms with Crippen LogP contribution in [0.15, 0.2) is 23.0 Å². The number of ether oxygens (including phenoxy) is 3. The number of rotatable bonds is 10. The predicted octanol–water partition coefficient (Wildman–Crippen LogP) is 3.73. The number of carboxylic acid groups (broad SMARTS) is 1. The zero-order valence-corrected chi connectivity index (χ0v) is 28.2. The van der Waals surface area contributed by atoms with Crippen LogP contribution in [0.3, 0.4) is 0 Å². The number of likely N-dealkylation sites (N-methyl/N-ethyl adjacent to an activating group) is 1. The summed E-state index contributed by atoms with van der Waals surface area (Å²) in [7, 11) is 1.42. The van der Waals surface area contributed by atoms with Crippen molar-refractivity contribution < 1.29 is 38.1 Å². The minimum Gasteiger partial charge on any atom is -0.493 e. The zero-order chi connectivity index (χ0) is 34.9. The van der Waals surface area contributed by atoms with Crippen molar-refractivity contribution in [2.75, 3.05) is 57.9 Å². The van der Waals surface area contributed by atoms with Crippen LogP contribution < -0.4 is 19.9 Å². The molecule has 0 saturated carbocycles. The van der Waals surface area contributed by atoms with Crippen LogP contribution in [0, 0.1) is 5.82 Å². The second kappa shape index (κ2) is 13.7. The Bertz CT molecular complexity index is 1770. The van der Waals surface area contributed by atoms with Crippen molar-refractivity contribution in [1.29, 1.82) is 0 Å². The molecule has 4 heterocycles. The van der Waals surface area contributed by atoms with Gasteiger partial charge in [-0.15, -0.1) is 5.10 Å². The summed E-state index contributed by atoms with van der Waals surface area (Å²) in [5.41, 5.74) is 0.0278. The fourth-order valence-electron chi connectivity index (χ4n) is 6.18. The Morgan fingerprint density at radius 3 is 2.46 bits per heavy atom. The molecule has 15 heteroatoms. The molecule has 1 atom stereocenters. The summed E-state index contributed by atoms with van der Waals surface area (Å²) in [6, 6.07) is 3.72. The molecule has 2 aromatic heterocycles. The van der Waals surface area contributed by atoms with E-state index < -0.39 is 29.0 Å². The van der Waals surface area contributed by atoms with Crippen LogP contribution in [-0.4, -0.2) is 106 Å². The number of anilines is 1. The van der Waals surface area contributed by atoms with E-state index in [9.17, 15) is 23.6 Å². The van der Waals surface area contributed by atoms with Crippen LogP contribution in [0.2, 0.25) is 0 Å². The largest absolute Gasteiger partial charge is 0.493 e. The fourth-order valence-corrected chi connectivity index (χ4v) is 6.18. The molecule has 3 aromatic rings. The van der Waals surface area contributed by atoms with Crippen molar-refractivity contribution in [2.45, 2.75) is 65.6 Å². The van der Waals surface area contributed by atoms with E-state index in [1.807, 2.05) is 44.1 Å². The average Bonchev–Trinajstić information content (AvgIpc) is 3.39. The lowest BCUT2D eigenvalue weighted by Gasteiger charge is -2.37. The molecule has 260 valence electrons. The Morgan fingerprint density at radius 1 is 1.12 bits per heavy atom. The average molecular weight is 671 g/mol. The second-order valence-corrected chi connectivity index (χ2v) is 13.0. The highest BCUT2D eigenvalue weighted by Crippen LogP contribution is 2.41. The molecule has 48 heavy (non-hydrogen) atoms. The van der Waals surface area contributed by atoms with Crippen molar-refractivity contribution in [1.82, 2.24) is 24.1 Å². The van der Waals surface area contributed by atoms with E-state index >= 15 is 0 Å². The van der Waals surface area contributed by atoms with Crippen LogP contribution in [-0.2, 0) is 16.1 Å². The van der Waals surface area contributed by atoms with E-state index in [0.717, 1.165) is 0 Å². The van der Waals surface area contributed by atoms with Crippen LogP contribution in [0.1, 0.15) is 69.6 Å². The number of carbonyl (C=O) groups is 3. The van der Waals surface area contributed by atoms with Gasteiger partial charge in [-0.2, -0.15) is 0 Å². The van der Waals surface area contributed by atoms with Crippen molar-refractivity contribution in [3.63, 3.8) is 0 Å². The number of amides is 2. The number of aliphatic carboxylic acids is 1. The Hall–Kier alpha value is -4.82. The van der Waals surface area contributed by atoms with Gasteiger partial charge in [-0.25, -0.2) is 13.9 Å². The quantitative estimate of drug-likeness (QED) is 0.317. The molecule has 0 spiro atoms. The molecule has 0 aliphatic carbocycles. The number of methoxy groups -OCH3 is 1. The third-order valence-corrected chi connectivity index (χ3v) is 8.41. The molecule has 5 rings (SSSR count). The molecule has 2 amide bonds. The lowest BCUT2D eigenvalue weighted by Crippen LogP contribution is -2.50. The highest BCUT2D eigenvalue weighted by molar-refractivity contribution is 6.07. The standard InChI is InChI=1S/C33H43FN6O8/c1-7-36-18-20(2)40-26-25(28(46-6)27(40)31(36)44)30(43)39(19-21-10-11-22(34)17-23(21)47-16-8-9-24(41)42)35-29(26)37-12-14-38(15-13-37)32(45)48-33(3,4)5/h10-11,17,20H,7-9,12-16,18-19H2,1-6H3,(H,41,42). The number of piperazine rings is 1. The first kappa shape index (κ1) is 34.5. The number of aromatic nitrogens is 3. The lowest BCUT2D eigenvalue weighted by atomic mass is 10.2. The first-order valence-electron chi connectivity index (χ1n) is 16.1. The summed E-state index contributed by atoms with van der Waals surface area (Å²) in [5, 5.41) is 14.0. The van der Waals surface area contributed by atoms with Gasteiger partial charge < -0.3 is 38.6 Å². The third kappa shape index (κ3) is 6.90. The van der Waals surface area contributed by atoms with Gasteiger partial charge in [0.1, 0.15) is 28.1 Å². The molecule has 1 fully saturated rings. The number of hydrogen-bond donors (Lipinski definition) is 1. The van der Waals surface area contributed by atoms with Crippen LogP contribution >= 0.6 is 0 Å².